The molecule has 14 nitrogen and oxygen atoms in total. The molecule has 4 aromatic rings. The quantitative estimate of drug-likeness (QED) is 0.147. The summed E-state index contributed by atoms with van der Waals surface area (Å²) in [5, 5.41) is 26.7. The van der Waals surface area contributed by atoms with Crippen molar-refractivity contribution >= 4 is 46.6 Å². The van der Waals surface area contributed by atoms with Gasteiger partial charge in [-0.1, -0.05) is 43.3 Å². The number of halogens is 1. The molecule has 2 heterocycles. The van der Waals surface area contributed by atoms with Crippen molar-refractivity contribution in [1.82, 2.24) is 35.7 Å². The van der Waals surface area contributed by atoms with Gasteiger partial charge in [-0.05, 0) is 70.0 Å². The molecular weight excluding hydrogens is 650 g/mol. The molecule has 4 N–H and O–H groups in total. The number of H-pyrrole nitrogens is 1. The number of tetrazole rings is 1. The van der Waals surface area contributed by atoms with Crippen molar-refractivity contribution in [3.63, 3.8) is 0 Å². The minimum Gasteiger partial charge on any atom is -0.453 e. The summed E-state index contributed by atoms with van der Waals surface area (Å²) in [5.41, 5.74) is 3.48. The van der Waals surface area contributed by atoms with Gasteiger partial charge < -0.3 is 15.4 Å². The second-order valence-corrected chi connectivity index (χ2v) is 12.2. The summed E-state index contributed by atoms with van der Waals surface area (Å²) >= 11 is 6.54. The first-order chi connectivity index (χ1) is 23.6. The predicted octanol–water partition coefficient (Wildman–Crippen LogP) is 4.34. The van der Waals surface area contributed by atoms with E-state index >= 15 is 0 Å². The molecule has 2 aliphatic carbocycles. The molecule has 0 bridgehead atoms. The van der Waals surface area contributed by atoms with E-state index in [2.05, 4.69) is 46.4 Å². The Hall–Kier alpha value is -5.89. The monoisotopic (exact) mass is 681 g/mol. The molecule has 0 aliphatic heterocycles. The highest BCUT2D eigenvalue weighted by atomic mass is 35.5. The van der Waals surface area contributed by atoms with E-state index in [4.69, 9.17) is 11.6 Å². The van der Waals surface area contributed by atoms with E-state index in [9.17, 15) is 19.2 Å². The third-order valence-electron chi connectivity index (χ3n) is 8.54. The van der Waals surface area contributed by atoms with Gasteiger partial charge >= 0.3 is 6.09 Å². The van der Waals surface area contributed by atoms with Crippen LogP contribution >= 0.6 is 11.6 Å². The van der Waals surface area contributed by atoms with Gasteiger partial charge in [0.05, 0.1) is 35.0 Å². The minimum atomic E-state index is -0.970. The number of hydrogen-bond acceptors (Lipinski definition) is 9. The third-order valence-corrected chi connectivity index (χ3v) is 9.06. The molecule has 2 aliphatic rings. The number of alkyl halides is 1. The first-order valence-electron chi connectivity index (χ1n) is 15.3. The molecule has 250 valence electrons. The maximum Gasteiger partial charge on any atom is 0.411 e. The molecule has 1 fully saturated rings. The number of aromatic amines is 1. The van der Waals surface area contributed by atoms with E-state index in [-0.39, 0.29) is 29.0 Å². The van der Waals surface area contributed by atoms with Gasteiger partial charge in [0, 0.05) is 36.2 Å². The average molecular weight is 682 g/mol. The SMILES string of the molecule is COC(=O)Nc1ccc(-c2cc(C3(NC(=O)/C=C/C4=C(n5cnnn5)C=CC(Cl)C4C)C[C@H]3c3ccc(NC(C)=O)cc3)n[nH]c2=O)cc1. The normalized spacial score (nSPS) is 21.3. The summed E-state index contributed by atoms with van der Waals surface area (Å²) in [7, 11) is 1.27. The predicted molar refractivity (Wildman–Crippen MR) is 182 cm³/mol. The van der Waals surface area contributed by atoms with Gasteiger partial charge in [0.2, 0.25) is 11.8 Å². The van der Waals surface area contributed by atoms with E-state index in [1.807, 2.05) is 31.2 Å². The molecule has 2 aromatic heterocycles. The van der Waals surface area contributed by atoms with Crippen LogP contribution in [-0.2, 0) is 19.9 Å². The number of nitrogens with one attached hydrogen (secondary N) is 4. The Morgan fingerprint density at radius 3 is 2.47 bits per heavy atom. The van der Waals surface area contributed by atoms with Gasteiger partial charge in [0.25, 0.3) is 5.56 Å². The van der Waals surface area contributed by atoms with Crippen molar-refractivity contribution in [2.24, 2.45) is 5.92 Å². The molecule has 2 aromatic carbocycles. The van der Waals surface area contributed by atoms with Crippen molar-refractivity contribution in [2.45, 2.75) is 37.1 Å². The van der Waals surface area contributed by atoms with E-state index in [0.717, 1.165) is 11.1 Å². The van der Waals surface area contributed by atoms with E-state index < -0.39 is 17.2 Å². The Morgan fingerprint density at radius 1 is 1.08 bits per heavy atom. The number of ether oxygens (including phenoxy) is 1. The number of anilines is 2. The van der Waals surface area contributed by atoms with E-state index in [0.29, 0.717) is 40.3 Å². The summed E-state index contributed by atoms with van der Waals surface area (Å²) in [6.07, 6.45) is 8.16. The fourth-order valence-electron chi connectivity index (χ4n) is 5.90. The highest BCUT2D eigenvalue weighted by Gasteiger charge is 2.58. The second-order valence-electron chi connectivity index (χ2n) is 11.7. The van der Waals surface area contributed by atoms with Crippen LogP contribution in [0, 0.1) is 5.92 Å². The molecule has 0 saturated heterocycles. The van der Waals surface area contributed by atoms with Crippen LogP contribution in [0.4, 0.5) is 16.2 Å². The van der Waals surface area contributed by atoms with Crippen molar-refractivity contribution in [1.29, 1.82) is 0 Å². The lowest BCUT2D eigenvalue weighted by atomic mass is 9.90. The van der Waals surface area contributed by atoms with Crippen LogP contribution in [0.15, 0.2) is 95.6 Å². The molecule has 4 atom stereocenters. The van der Waals surface area contributed by atoms with Gasteiger partial charge in [-0.3, -0.25) is 19.7 Å². The molecule has 49 heavy (non-hydrogen) atoms. The van der Waals surface area contributed by atoms with Crippen molar-refractivity contribution in [3.05, 3.63) is 112 Å². The number of aromatic nitrogens is 6. The Labute approximate surface area is 285 Å². The highest BCUT2D eigenvalue weighted by molar-refractivity contribution is 6.22. The molecule has 3 amide bonds. The summed E-state index contributed by atoms with van der Waals surface area (Å²) in [5.74, 6) is -0.916. The zero-order valence-corrected chi connectivity index (χ0v) is 27.4. The number of allylic oxidation sites excluding steroid dienone is 5. The van der Waals surface area contributed by atoms with Crippen LogP contribution in [0.3, 0.4) is 0 Å². The second kappa shape index (κ2) is 13.7. The number of amides is 3. The minimum absolute atomic E-state index is 0.141. The Kier molecular flexibility index (Phi) is 9.23. The standard InChI is InChI=1S/C34H32ClN9O5/c1-19-25(29(14-13-28(19)35)44-18-36-42-43-44)12-15-31(46)39-34(17-27(34)22-6-10-23(11-7-22)37-20(2)45)30-16-26(32(47)41-40-30)21-4-8-24(9-5-21)38-33(48)49-3/h4-16,18-19,27-28H,17H2,1-3H3,(H,37,45)(H,38,48)(H,39,46)(H,41,47)/b15-12+/t19?,27-,28?,34?/m0/s1. The zero-order valence-electron chi connectivity index (χ0n) is 26.7. The van der Waals surface area contributed by atoms with E-state index in [1.54, 1.807) is 48.5 Å². The van der Waals surface area contributed by atoms with E-state index in [1.165, 1.54) is 31.1 Å². The lowest BCUT2D eigenvalue weighted by Gasteiger charge is -2.23. The third kappa shape index (κ3) is 7.04. The largest absolute Gasteiger partial charge is 0.453 e. The van der Waals surface area contributed by atoms with Crippen LogP contribution in [0.5, 0.6) is 0 Å². The lowest BCUT2D eigenvalue weighted by Crippen LogP contribution is -2.37. The smallest absolute Gasteiger partial charge is 0.411 e. The average Bonchev–Trinajstić information content (AvgIpc) is 3.54. The summed E-state index contributed by atoms with van der Waals surface area (Å²) in [4.78, 5) is 49.9. The molecule has 15 heteroatoms. The molecular formula is C34H32ClN9O5. The maximum atomic E-state index is 13.7. The summed E-state index contributed by atoms with van der Waals surface area (Å²) < 4.78 is 6.16. The van der Waals surface area contributed by atoms with Crippen molar-refractivity contribution < 1.29 is 19.1 Å². The summed E-state index contributed by atoms with van der Waals surface area (Å²) in [6, 6.07) is 15.7. The Bertz CT molecular complexity index is 2040. The molecule has 0 spiro atoms. The maximum absolute atomic E-state index is 13.7. The summed E-state index contributed by atoms with van der Waals surface area (Å²) in [6.45, 7) is 3.39. The Morgan fingerprint density at radius 2 is 1.80 bits per heavy atom. The van der Waals surface area contributed by atoms with Crippen molar-refractivity contribution in [2.75, 3.05) is 17.7 Å². The topological polar surface area (TPSA) is 186 Å². The van der Waals surface area contributed by atoms with Crippen LogP contribution in [0.25, 0.3) is 16.8 Å². The fourth-order valence-corrected chi connectivity index (χ4v) is 6.11. The zero-order chi connectivity index (χ0) is 34.7. The van der Waals surface area contributed by atoms with Crippen LogP contribution in [0.1, 0.15) is 37.4 Å². The number of carbonyl (C=O) groups is 3. The number of methoxy groups -OCH3 is 1. The molecule has 6 rings (SSSR count). The first-order valence-corrected chi connectivity index (χ1v) is 15.7. The highest BCUT2D eigenvalue weighted by Crippen LogP contribution is 2.58. The van der Waals surface area contributed by atoms with Gasteiger partial charge in [0.15, 0.2) is 0 Å². The molecule has 1 saturated carbocycles. The van der Waals surface area contributed by atoms with Gasteiger partial charge in [-0.2, -0.15) is 5.10 Å². The fraction of sp³-hybridized carbons (Fsp3) is 0.235. The van der Waals surface area contributed by atoms with Crippen LogP contribution < -0.4 is 21.5 Å². The van der Waals surface area contributed by atoms with Gasteiger partial charge in [-0.15, -0.1) is 16.7 Å². The first kappa shape index (κ1) is 33.0. The van der Waals surface area contributed by atoms with Gasteiger partial charge in [-0.25, -0.2) is 14.6 Å². The number of rotatable bonds is 9. The lowest BCUT2D eigenvalue weighted by molar-refractivity contribution is -0.117. The number of nitrogens with zero attached hydrogens (tertiary/aromatic N) is 5. The molecule has 0 radical (unpaired) electrons. The Balaban J connectivity index is 1.34. The van der Waals surface area contributed by atoms with Crippen LogP contribution in [0.2, 0.25) is 0 Å². The van der Waals surface area contributed by atoms with Crippen LogP contribution in [-0.4, -0.2) is 60.8 Å². The number of hydrogen-bond donors (Lipinski definition) is 4. The number of benzene rings is 2. The number of carbonyl (C=O) groups excluding carboxylic acids is 3. The van der Waals surface area contributed by atoms with Gasteiger partial charge in [0.1, 0.15) is 6.33 Å². The molecule has 3 unspecified atom stereocenters. The van der Waals surface area contributed by atoms with Crippen molar-refractivity contribution in [3.8, 4) is 11.1 Å².